The molecule has 4 heteroatoms. The second-order valence-electron chi connectivity index (χ2n) is 3.55. The van der Waals surface area contributed by atoms with E-state index in [1.165, 1.54) is 5.56 Å². The van der Waals surface area contributed by atoms with Gasteiger partial charge in [0.1, 0.15) is 0 Å². The normalized spacial score (nSPS) is 20.9. The molecule has 0 aliphatic carbocycles. The third kappa shape index (κ3) is 2.65. The van der Waals surface area contributed by atoms with E-state index in [4.69, 9.17) is 0 Å². The number of hydrogen-bond acceptors (Lipinski definition) is 3. The number of amides is 1. The molecule has 3 nitrogen and oxygen atoms in total. The van der Waals surface area contributed by atoms with Crippen LogP contribution >= 0.6 is 11.8 Å². The summed E-state index contributed by atoms with van der Waals surface area (Å²) in [7, 11) is 0. The molecule has 1 aromatic carbocycles. The summed E-state index contributed by atoms with van der Waals surface area (Å²) in [5, 5.41) is 5.90. The maximum Gasteiger partial charge on any atom is 0.253 e. The van der Waals surface area contributed by atoms with Crippen LogP contribution in [-0.4, -0.2) is 23.6 Å². The van der Waals surface area contributed by atoms with Gasteiger partial charge in [0, 0.05) is 18.0 Å². The number of carbonyl (C=O) groups is 1. The fraction of sp³-hybridized carbons (Fsp3) is 0.364. The largest absolute Gasteiger partial charge is 0.366 e. The Hall–Kier alpha value is -1.16. The topological polar surface area (TPSA) is 41.1 Å². The van der Waals surface area contributed by atoms with Gasteiger partial charge in [-0.1, -0.05) is 17.7 Å². The van der Waals surface area contributed by atoms with Crippen LogP contribution in [0.3, 0.4) is 0 Å². The first kappa shape index (κ1) is 10.4. The predicted molar refractivity (Wildman–Crippen MR) is 64.1 cm³/mol. The minimum atomic E-state index is -0.151. The Morgan fingerprint density at radius 1 is 1.40 bits per heavy atom. The fourth-order valence-corrected chi connectivity index (χ4v) is 2.34. The predicted octanol–water partition coefficient (Wildman–Crippen LogP) is 1.60. The summed E-state index contributed by atoms with van der Waals surface area (Å²) in [5.41, 5.74) is 2.22. The molecule has 0 bridgehead atoms. The second-order valence-corrected chi connectivity index (χ2v) is 4.77. The van der Waals surface area contributed by atoms with Crippen molar-refractivity contribution in [3.05, 3.63) is 29.8 Å². The summed E-state index contributed by atoms with van der Waals surface area (Å²) in [5.74, 6) is 1.04. The lowest BCUT2D eigenvalue weighted by Crippen LogP contribution is -2.43. The minimum Gasteiger partial charge on any atom is -0.366 e. The van der Waals surface area contributed by atoms with Crippen LogP contribution in [0.15, 0.2) is 24.3 Å². The summed E-state index contributed by atoms with van der Waals surface area (Å²) in [4.78, 5) is 11.5. The first-order valence-corrected chi connectivity index (χ1v) is 6.03. The van der Waals surface area contributed by atoms with E-state index in [9.17, 15) is 4.79 Å². The van der Waals surface area contributed by atoms with E-state index in [0.29, 0.717) is 0 Å². The molecule has 1 fully saturated rings. The Kier molecular flexibility index (Phi) is 3.16. The van der Waals surface area contributed by atoms with Crippen LogP contribution in [0.25, 0.3) is 0 Å². The number of benzene rings is 1. The van der Waals surface area contributed by atoms with Gasteiger partial charge in [0.25, 0.3) is 5.91 Å². The number of carbonyl (C=O) groups excluding carboxylic acids is 1. The summed E-state index contributed by atoms with van der Waals surface area (Å²) in [6.07, 6.45) is 0. The Bertz CT molecular complexity index is 350. The van der Waals surface area contributed by atoms with Gasteiger partial charge in [0.15, 0.2) is 5.37 Å². The Balaban J connectivity index is 2.01. The molecule has 1 aromatic rings. The van der Waals surface area contributed by atoms with E-state index in [-0.39, 0.29) is 11.3 Å². The van der Waals surface area contributed by atoms with E-state index >= 15 is 0 Å². The zero-order valence-corrected chi connectivity index (χ0v) is 9.43. The Morgan fingerprint density at radius 2 is 2.13 bits per heavy atom. The highest BCUT2D eigenvalue weighted by atomic mass is 32.2. The highest BCUT2D eigenvalue weighted by Crippen LogP contribution is 2.18. The van der Waals surface area contributed by atoms with Gasteiger partial charge in [0.2, 0.25) is 0 Å². The zero-order valence-electron chi connectivity index (χ0n) is 8.62. The zero-order chi connectivity index (χ0) is 10.7. The van der Waals surface area contributed by atoms with Gasteiger partial charge in [-0.2, -0.15) is 0 Å². The first-order valence-electron chi connectivity index (χ1n) is 4.98. The Labute approximate surface area is 93.6 Å². The average Bonchev–Trinajstić information content (AvgIpc) is 2.25. The molecule has 1 atom stereocenters. The van der Waals surface area contributed by atoms with Crippen LogP contribution in [0.4, 0.5) is 5.69 Å². The third-order valence-corrected chi connectivity index (χ3v) is 3.38. The van der Waals surface area contributed by atoms with Crippen molar-refractivity contribution in [1.29, 1.82) is 0 Å². The quantitative estimate of drug-likeness (QED) is 0.798. The van der Waals surface area contributed by atoms with Crippen molar-refractivity contribution in [2.75, 3.05) is 17.6 Å². The Morgan fingerprint density at radius 3 is 2.80 bits per heavy atom. The molecule has 1 heterocycles. The van der Waals surface area contributed by atoms with Crippen LogP contribution in [0.1, 0.15) is 5.56 Å². The van der Waals surface area contributed by atoms with Crippen molar-refractivity contribution >= 4 is 23.4 Å². The van der Waals surface area contributed by atoms with Gasteiger partial charge < -0.3 is 10.6 Å². The van der Waals surface area contributed by atoms with Crippen molar-refractivity contribution < 1.29 is 4.79 Å². The summed E-state index contributed by atoms with van der Waals surface area (Å²) >= 11 is 1.65. The molecule has 0 saturated carbocycles. The SMILES string of the molecule is Cc1ccc(N[C@H]2SCCNC2=O)cc1. The van der Waals surface area contributed by atoms with Crippen molar-refractivity contribution in [1.82, 2.24) is 5.32 Å². The maximum absolute atomic E-state index is 11.5. The number of aryl methyl sites for hydroxylation is 1. The fourth-order valence-electron chi connectivity index (χ4n) is 1.43. The van der Waals surface area contributed by atoms with E-state index in [1.807, 2.05) is 31.2 Å². The van der Waals surface area contributed by atoms with Gasteiger partial charge in [-0.05, 0) is 19.1 Å². The van der Waals surface area contributed by atoms with Crippen LogP contribution < -0.4 is 10.6 Å². The molecule has 1 saturated heterocycles. The van der Waals surface area contributed by atoms with Crippen LogP contribution in [-0.2, 0) is 4.79 Å². The monoisotopic (exact) mass is 222 g/mol. The third-order valence-electron chi connectivity index (χ3n) is 2.27. The summed E-state index contributed by atoms with van der Waals surface area (Å²) < 4.78 is 0. The molecule has 0 radical (unpaired) electrons. The van der Waals surface area contributed by atoms with Gasteiger partial charge in [-0.15, -0.1) is 11.8 Å². The minimum absolute atomic E-state index is 0.0758. The van der Waals surface area contributed by atoms with Crippen LogP contribution in [0.2, 0.25) is 0 Å². The van der Waals surface area contributed by atoms with Gasteiger partial charge >= 0.3 is 0 Å². The van der Waals surface area contributed by atoms with Gasteiger partial charge in [-0.25, -0.2) is 0 Å². The lowest BCUT2D eigenvalue weighted by atomic mass is 10.2. The molecule has 2 N–H and O–H groups in total. The molecule has 0 unspecified atom stereocenters. The van der Waals surface area contributed by atoms with Crippen molar-refractivity contribution in [3.63, 3.8) is 0 Å². The van der Waals surface area contributed by atoms with E-state index < -0.39 is 0 Å². The lowest BCUT2D eigenvalue weighted by molar-refractivity contribution is -0.120. The number of anilines is 1. The van der Waals surface area contributed by atoms with E-state index in [1.54, 1.807) is 11.8 Å². The summed E-state index contributed by atoms with van der Waals surface area (Å²) in [6, 6.07) is 8.07. The molecule has 0 aromatic heterocycles. The second kappa shape index (κ2) is 4.57. The lowest BCUT2D eigenvalue weighted by Gasteiger charge is -2.23. The molecule has 80 valence electrons. The maximum atomic E-state index is 11.5. The van der Waals surface area contributed by atoms with Crippen LogP contribution in [0, 0.1) is 6.92 Å². The number of nitrogens with one attached hydrogen (secondary N) is 2. The summed E-state index contributed by atoms with van der Waals surface area (Å²) in [6.45, 7) is 2.82. The molecule has 1 aliphatic rings. The first-order chi connectivity index (χ1) is 7.25. The molecular formula is C11H14N2OS. The molecule has 15 heavy (non-hydrogen) atoms. The number of thioether (sulfide) groups is 1. The smallest absolute Gasteiger partial charge is 0.253 e. The van der Waals surface area contributed by atoms with Crippen molar-refractivity contribution in [3.8, 4) is 0 Å². The molecule has 0 spiro atoms. The van der Waals surface area contributed by atoms with E-state index in [2.05, 4.69) is 10.6 Å². The van der Waals surface area contributed by atoms with Gasteiger partial charge in [0.05, 0.1) is 0 Å². The highest BCUT2D eigenvalue weighted by molar-refractivity contribution is 8.00. The average molecular weight is 222 g/mol. The van der Waals surface area contributed by atoms with Crippen LogP contribution in [0.5, 0.6) is 0 Å². The molecular weight excluding hydrogens is 208 g/mol. The van der Waals surface area contributed by atoms with Gasteiger partial charge in [-0.3, -0.25) is 4.79 Å². The molecule has 1 amide bonds. The van der Waals surface area contributed by atoms with Crippen molar-refractivity contribution in [2.45, 2.75) is 12.3 Å². The molecule has 1 aliphatic heterocycles. The van der Waals surface area contributed by atoms with Crippen molar-refractivity contribution in [2.24, 2.45) is 0 Å². The standard InChI is InChI=1S/C11H14N2OS/c1-8-2-4-9(5-3-8)13-11-10(14)12-6-7-15-11/h2-5,11,13H,6-7H2,1H3,(H,12,14)/t11-/m0/s1. The number of rotatable bonds is 2. The highest BCUT2D eigenvalue weighted by Gasteiger charge is 2.21. The molecule has 2 rings (SSSR count). The van der Waals surface area contributed by atoms with E-state index in [0.717, 1.165) is 18.0 Å². The number of hydrogen-bond donors (Lipinski definition) is 2.